The predicted octanol–water partition coefficient (Wildman–Crippen LogP) is 4.14. The number of hydrogen-bond donors (Lipinski definition) is 1. The second kappa shape index (κ2) is 5.91. The molecular weight excluding hydrogens is 277 g/mol. The molecule has 6 heteroatoms. The largest absolute Gasteiger partial charge is 0.309 e. The Bertz CT molecular complexity index is 524. The first-order valence-corrected chi connectivity index (χ1v) is 6.36. The molecule has 2 rings (SSSR count). The molecule has 0 saturated carbocycles. The van der Waals surface area contributed by atoms with Crippen LogP contribution in [-0.4, -0.2) is 7.05 Å². The van der Waals surface area contributed by atoms with Gasteiger partial charge in [0.05, 0.1) is 11.6 Å². The molecule has 1 atom stereocenters. The molecule has 1 nitrogen and oxygen atoms in total. The van der Waals surface area contributed by atoms with Crippen molar-refractivity contribution in [3.8, 4) is 0 Å². The molecule has 1 unspecified atom stereocenters. The summed E-state index contributed by atoms with van der Waals surface area (Å²) >= 11 is 0. The Balaban J connectivity index is 2.58. The minimum atomic E-state index is -2.13. The number of rotatable bonds is 3. The van der Waals surface area contributed by atoms with Crippen LogP contribution >= 0.6 is 0 Å². The Morgan fingerprint density at radius 1 is 0.900 bits per heavy atom. The highest BCUT2D eigenvalue weighted by atomic mass is 19.2. The number of benzene rings is 1. The molecule has 1 aliphatic carbocycles. The van der Waals surface area contributed by atoms with Gasteiger partial charge in [-0.05, 0) is 32.7 Å². The van der Waals surface area contributed by atoms with Crippen LogP contribution < -0.4 is 5.32 Å². The van der Waals surface area contributed by atoms with E-state index in [2.05, 4.69) is 5.32 Å². The van der Waals surface area contributed by atoms with Crippen LogP contribution in [-0.2, 0) is 0 Å². The first-order valence-electron chi connectivity index (χ1n) is 6.36. The van der Waals surface area contributed by atoms with Crippen molar-refractivity contribution in [2.24, 2.45) is 0 Å². The average molecular weight is 291 g/mol. The van der Waals surface area contributed by atoms with E-state index < -0.39 is 40.7 Å². The van der Waals surface area contributed by atoms with Crippen LogP contribution in [0.3, 0.4) is 0 Å². The summed E-state index contributed by atoms with van der Waals surface area (Å²) in [4.78, 5) is 0. The van der Waals surface area contributed by atoms with Crippen molar-refractivity contribution in [3.05, 3.63) is 46.3 Å². The predicted molar refractivity (Wildman–Crippen MR) is 64.6 cm³/mol. The van der Waals surface area contributed by atoms with Crippen LogP contribution in [0.4, 0.5) is 22.0 Å². The highest BCUT2D eigenvalue weighted by Gasteiger charge is 2.31. The van der Waals surface area contributed by atoms with Crippen LogP contribution in [0, 0.1) is 29.1 Å². The molecule has 1 aliphatic rings. The molecule has 20 heavy (non-hydrogen) atoms. The molecule has 1 N–H and O–H groups in total. The van der Waals surface area contributed by atoms with Gasteiger partial charge in [0.25, 0.3) is 0 Å². The maximum atomic E-state index is 13.8. The lowest BCUT2D eigenvalue weighted by Gasteiger charge is -2.24. The molecule has 1 aromatic rings. The minimum Gasteiger partial charge on any atom is -0.309 e. The van der Waals surface area contributed by atoms with Gasteiger partial charge in [0.2, 0.25) is 5.82 Å². The highest BCUT2D eigenvalue weighted by molar-refractivity contribution is 5.33. The maximum absolute atomic E-state index is 13.8. The lowest BCUT2D eigenvalue weighted by atomic mass is 9.89. The summed E-state index contributed by atoms with van der Waals surface area (Å²) in [5.41, 5.74) is -0.154. The molecule has 0 aromatic heterocycles. The van der Waals surface area contributed by atoms with E-state index in [9.17, 15) is 22.0 Å². The Morgan fingerprint density at radius 2 is 1.45 bits per heavy atom. The molecule has 110 valence electrons. The van der Waals surface area contributed by atoms with Gasteiger partial charge in [-0.1, -0.05) is 11.6 Å². The zero-order chi connectivity index (χ0) is 14.9. The third kappa shape index (κ3) is 2.44. The van der Waals surface area contributed by atoms with Crippen molar-refractivity contribution in [3.63, 3.8) is 0 Å². The topological polar surface area (TPSA) is 12.0 Å². The van der Waals surface area contributed by atoms with Gasteiger partial charge in [-0.2, -0.15) is 0 Å². The molecule has 0 fully saturated rings. The Morgan fingerprint density at radius 3 is 1.90 bits per heavy atom. The first kappa shape index (κ1) is 15.0. The van der Waals surface area contributed by atoms with Crippen LogP contribution in [0.1, 0.15) is 37.3 Å². The summed E-state index contributed by atoms with van der Waals surface area (Å²) < 4.78 is 67.2. The van der Waals surface area contributed by atoms with E-state index in [0.717, 1.165) is 19.3 Å². The zero-order valence-corrected chi connectivity index (χ0v) is 10.9. The van der Waals surface area contributed by atoms with Crippen LogP contribution in [0.5, 0.6) is 0 Å². The third-order valence-electron chi connectivity index (χ3n) is 3.52. The Labute approximate surface area is 113 Å². The van der Waals surface area contributed by atoms with Gasteiger partial charge in [0, 0.05) is 0 Å². The normalized spacial score (nSPS) is 17.0. The number of nitrogens with one attached hydrogen (secondary N) is 1. The molecule has 0 aliphatic heterocycles. The highest BCUT2D eigenvalue weighted by Crippen LogP contribution is 2.34. The summed E-state index contributed by atoms with van der Waals surface area (Å²) in [6.45, 7) is 0. The molecule has 0 heterocycles. The SMILES string of the molecule is CNC(C1=CCCCC1)c1c(F)c(F)c(F)c(F)c1F. The van der Waals surface area contributed by atoms with E-state index in [-0.39, 0.29) is 0 Å². The smallest absolute Gasteiger partial charge is 0.200 e. The lowest BCUT2D eigenvalue weighted by molar-refractivity contribution is 0.362. The van der Waals surface area contributed by atoms with Gasteiger partial charge >= 0.3 is 0 Å². The van der Waals surface area contributed by atoms with Crippen LogP contribution in [0.15, 0.2) is 11.6 Å². The van der Waals surface area contributed by atoms with Gasteiger partial charge in [-0.15, -0.1) is 0 Å². The lowest BCUT2D eigenvalue weighted by Crippen LogP contribution is -2.24. The fraction of sp³-hybridized carbons (Fsp3) is 0.429. The summed E-state index contributed by atoms with van der Waals surface area (Å²) in [5.74, 6) is -9.48. The summed E-state index contributed by atoms with van der Waals surface area (Å²) in [5, 5.41) is 2.64. The van der Waals surface area contributed by atoms with Gasteiger partial charge in [-0.3, -0.25) is 0 Å². The Kier molecular flexibility index (Phi) is 4.42. The number of halogens is 5. The van der Waals surface area contributed by atoms with Crippen molar-refractivity contribution in [2.45, 2.75) is 31.7 Å². The second-order valence-corrected chi connectivity index (χ2v) is 4.73. The standard InChI is InChI=1S/C14H14F5N/c1-20-14(7-5-3-2-4-6-7)8-9(15)11(17)13(19)12(18)10(8)16/h5,14,20H,2-4,6H2,1H3. The van der Waals surface area contributed by atoms with Gasteiger partial charge in [0.15, 0.2) is 23.3 Å². The van der Waals surface area contributed by atoms with Gasteiger partial charge in [0.1, 0.15) is 0 Å². The van der Waals surface area contributed by atoms with E-state index in [0.29, 0.717) is 12.0 Å². The van der Waals surface area contributed by atoms with Crippen molar-refractivity contribution in [2.75, 3.05) is 7.05 Å². The van der Waals surface area contributed by atoms with Crippen molar-refractivity contribution < 1.29 is 22.0 Å². The Hall–Kier alpha value is -1.43. The van der Waals surface area contributed by atoms with Crippen molar-refractivity contribution >= 4 is 0 Å². The first-order chi connectivity index (χ1) is 9.49. The van der Waals surface area contributed by atoms with Gasteiger partial charge < -0.3 is 5.32 Å². The van der Waals surface area contributed by atoms with Crippen LogP contribution in [0.2, 0.25) is 0 Å². The third-order valence-corrected chi connectivity index (χ3v) is 3.52. The maximum Gasteiger partial charge on any atom is 0.200 e. The fourth-order valence-corrected chi connectivity index (χ4v) is 2.52. The van der Waals surface area contributed by atoms with Gasteiger partial charge in [-0.25, -0.2) is 22.0 Å². The number of likely N-dealkylation sites (N-methyl/N-ethyl adjacent to an activating group) is 1. The van der Waals surface area contributed by atoms with Crippen molar-refractivity contribution in [1.29, 1.82) is 0 Å². The monoisotopic (exact) mass is 291 g/mol. The second-order valence-electron chi connectivity index (χ2n) is 4.73. The fourth-order valence-electron chi connectivity index (χ4n) is 2.52. The van der Waals surface area contributed by atoms with E-state index in [1.54, 1.807) is 6.08 Å². The van der Waals surface area contributed by atoms with E-state index in [1.807, 2.05) is 0 Å². The number of hydrogen-bond acceptors (Lipinski definition) is 1. The number of allylic oxidation sites excluding steroid dienone is 1. The van der Waals surface area contributed by atoms with Crippen LogP contribution in [0.25, 0.3) is 0 Å². The molecule has 0 saturated heterocycles. The minimum absolute atomic E-state index is 0.574. The van der Waals surface area contributed by atoms with E-state index >= 15 is 0 Å². The molecule has 0 spiro atoms. The quantitative estimate of drug-likeness (QED) is 0.382. The molecule has 0 amide bonds. The summed E-state index contributed by atoms with van der Waals surface area (Å²) in [6, 6.07) is -1.00. The van der Waals surface area contributed by atoms with E-state index in [4.69, 9.17) is 0 Å². The molecule has 0 radical (unpaired) electrons. The summed E-state index contributed by atoms with van der Waals surface area (Å²) in [6.07, 6.45) is 4.90. The molecular formula is C14H14F5N. The molecule has 1 aromatic carbocycles. The summed E-state index contributed by atoms with van der Waals surface area (Å²) in [7, 11) is 1.43. The molecule has 0 bridgehead atoms. The van der Waals surface area contributed by atoms with Crippen molar-refractivity contribution in [1.82, 2.24) is 5.32 Å². The average Bonchev–Trinajstić information content (AvgIpc) is 2.48. The zero-order valence-electron chi connectivity index (χ0n) is 10.9. The van der Waals surface area contributed by atoms with E-state index in [1.165, 1.54) is 7.05 Å².